The van der Waals surface area contributed by atoms with Crippen molar-refractivity contribution in [1.29, 1.82) is 0 Å². The van der Waals surface area contributed by atoms with Gasteiger partial charge in [-0.3, -0.25) is 14.7 Å². The van der Waals surface area contributed by atoms with E-state index in [1.54, 1.807) is 24.6 Å². The third-order valence-electron chi connectivity index (χ3n) is 6.22. The molecule has 0 saturated carbocycles. The lowest BCUT2D eigenvalue weighted by atomic mass is 9.97. The first-order valence-electron chi connectivity index (χ1n) is 11.1. The molecule has 3 heterocycles. The van der Waals surface area contributed by atoms with Crippen LogP contribution >= 0.6 is 0 Å². The number of fused-ring (bicyclic) bond motifs is 1. The molecule has 0 bridgehead atoms. The summed E-state index contributed by atoms with van der Waals surface area (Å²) < 4.78 is 33.7. The SMILES string of the molecule is Cc1cnc2c(S(=O)(=O)N3CCC(C(=O)NCC(c4ccco4)N(C)C)CC3)cccc2c1. The van der Waals surface area contributed by atoms with Crippen molar-refractivity contribution >= 4 is 26.8 Å². The molecule has 1 N–H and O–H groups in total. The van der Waals surface area contributed by atoms with Gasteiger partial charge in [0.1, 0.15) is 10.7 Å². The number of pyridine rings is 1. The van der Waals surface area contributed by atoms with E-state index in [0.29, 0.717) is 38.0 Å². The van der Waals surface area contributed by atoms with Gasteiger partial charge in [0.25, 0.3) is 0 Å². The number of piperidine rings is 1. The minimum absolute atomic E-state index is 0.0484. The van der Waals surface area contributed by atoms with E-state index in [0.717, 1.165) is 16.7 Å². The van der Waals surface area contributed by atoms with Gasteiger partial charge in [-0.1, -0.05) is 12.1 Å². The Bertz CT molecular complexity index is 1220. The van der Waals surface area contributed by atoms with Crippen molar-refractivity contribution in [3.05, 3.63) is 60.2 Å². The molecule has 1 amide bonds. The topological polar surface area (TPSA) is 95.8 Å². The van der Waals surface area contributed by atoms with Gasteiger partial charge in [-0.2, -0.15) is 4.31 Å². The van der Waals surface area contributed by atoms with Crippen LogP contribution in [0.4, 0.5) is 0 Å². The number of furan rings is 1. The number of nitrogens with zero attached hydrogens (tertiary/aromatic N) is 3. The second-order valence-corrected chi connectivity index (χ2v) is 10.7. The van der Waals surface area contributed by atoms with E-state index >= 15 is 0 Å². The van der Waals surface area contributed by atoms with Crippen LogP contribution in [-0.4, -0.2) is 62.2 Å². The standard InChI is InChI=1S/C24H30N4O4S/c1-17-14-19-6-4-8-22(23(19)25-15-17)33(30,31)28-11-9-18(10-12-28)24(29)26-16-20(27(2)3)21-7-5-13-32-21/h4-8,13-15,18,20H,9-12,16H2,1-3H3,(H,26,29). The van der Waals surface area contributed by atoms with Crippen LogP contribution in [-0.2, 0) is 14.8 Å². The number of hydrogen-bond acceptors (Lipinski definition) is 6. The van der Waals surface area contributed by atoms with Crippen LogP contribution in [0.5, 0.6) is 0 Å². The summed E-state index contributed by atoms with van der Waals surface area (Å²) in [4.78, 5) is 19.4. The number of amides is 1. The van der Waals surface area contributed by atoms with Crippen molar-refractivity contribution in [2.24, 2.45) is 5.92 Å². The van der Waals surface area contributed by atoms with Gasteiger partial charge < -0.3 is 9.73 Å². The fraction of sp³-hybridized carbons (Fsp3) is 0.417. The van der Waals surface area contributed by atoms with Crippen molar-refractivity contribution in [3.63, 3.8) is 0 Å². The molecular weight excluding hydrogens is 440 g/mol. The second kappa shape index (κ2) is 9.62. The smallest absolute Gasteiger partial charge is 0.245 e. The van der Waals surface area contributed by atoms with E-state index < -0.39 is 10.0 Å². The average molecular weight is 471 g/mol. The molecule has 1 saturated heterocycles. The number of hydrogen-bond donors (Lipinski definition) is 1. The molecule has 1 aliphatic heterocycles. The van der Waals surface area contributed by atoms with E-state index in [2.05, 4.69) is 10.3 Å². The first-order chi connectivity index (χ1) is 15.8. The molecule has 33 heavy (non-hydrogen) atoms. The monoisotopic (exact) mass is 470 g/mol. The molecule has 0 radical (unpaired) electrons. The normalized spacial score (nSPS) is 16.8. The van der Waals surface area contributed by atoms with E-state index in [-0.39, 0.29) is 22.8 Å². The number of rotatable bonds is 7. The Kier molecular flexibility index (Phi) is 6.83. The van der Waals surface area contributed by atoms with Crippen LogP contribution in [0.3, 0.4) is 0 Å². The Hall–Kier alpha value is -2.75. The summed E-state index contributed by atoms with van der Waals surface area (Å²) in [5.41, 5.74) is 1.46. The van der Waals surface area contributed by atoms with E-state index in [1.807, 2.05) is 50.2 Å². The lowest BCUT2D eigenvalue weighted by molar-refractivity contribution is -0.126. The van der Waals surface area contributed by atoms with E-state index in [1.165, 1.54) is 4.31 Å². The molecule has 1 fully saturated rings. The van der Waals surface area contributed by atoms with Crippen LogP contribution in [0.25, 0.3) is 10.9 Å². The van der Waals surface area contributed by atoms with Crippen LogP contribution in [0.1, 0.15) is 30.2 Å². The molecule has 3 aromatic rings. The molecule has 176 valence electrons. The summed E-state index contributed by atoms with van der Waals surface area (Å²) >= 11 is 0. The van der Waals surface area contributed by atoms with Gasteiger partial charge in [0.15, 0.2) is 0 Å². The van der Waals surface area contributed by atoms with Crippen LogP contribution in [0.2, 0.25) is 0 Å². The molecule has 9 heteroatoms. The largest absolute Gasteiger partial charge is 0.468 e. The van der Waals surface area contributed by atoms with Gasteiger partial charge >= 0.3 is 0 Å². The summed E-state index contributed by atoms with van der Waals surface area (Å²) in [5.74, 6) is 0.525. The predicted octanol–water partition coefficient (Wildman–Crippen LogP) is 2.96. The molecule has 2 aromatic heterocycles. The Morgan fingerprint density at radius 2 is 2.00 bits per heavy atom. The molecule has 1 atom stereocenters. The minimum Gasteiger partial charge on any atom is -0.468 e. The van der Waals surface area contributed by atoms with E-state index in [9.17, 15) is 13.2 Å². The first kappa shape index (κ1) is 23.4. The maximum atomic E-state index is 13.4. The molecule has 4 rings (SSSR count). The number of benzene rings is 1. The van der Waals surface area contributed by atoms with E-state index in [4.69, 9.17) is 4.42 Å². The first-order valence-corrected chi connectivity index (χ1v) is 12.5. The Morgan fingerprint density at radius 3 is 2.67 bits per heavy atom. The molecule has 0 aliphatic carbocycles. The highest BCUT2D eigenvalue weighted by Crippen LogP contribution is 2.28. The maximum absolute atomic E-state index is 13.4. The molecular formula is C24H30N4O4S. The molecule has 1 unspecified atom stereocenters. The maximum Gasteiger partial charge on any atom is 0.245 e. The molecule has 8 nitrogen and oxygen atoms in total. The zero-order valence-corrected chi connectivity index (χ0v) is 20.0. The van der Waals surface area contributed by atoms with Crippen LogP contribution in [0, 0.1) is 12.8 Å². The summed E-state index contributed by atoms with van der Waals surface area (Å²) in [6.07, 6.45) is 4.27. The van der Waals surface area contributed by atoms with Crippen molar-refractivity contribution in [3.8, 4) is 0 Å². The van der Waals surface area contributed by atoms with Gasteiger partial charge in [0, 0.05) is 37.1 Å². The minimum atomic E-state index is -3.70. The number of likely N-dealkylation sites (N-methyl/N-ethyl adjacent to an activating group) is 1. The number of aromatic nitrogens is 1. The Morgan fingerprint density at radius 1 is 1.24 bits per heavy atom. The summed E-state index contributed by atoms with van der Waals surface area (Å²) in [6.45, 7) is 2.97. The summed E-state index contributed by atoms with van der Waals surface area (Å²) in [6, 6.07) is 10.8. The lowest BCUT2D eigenvalue weighted by Crippen LogP contribution is -2.44. The van der Waals surface area contributed by atoms with Gasteiger partial charge in [0.05, 0.1) is 17.8 Å². The Balaban J connectivity index is 1.40. The molecule has 1 aromatic carbocycles. The third-order valence-corrected chi connectivity index (χ3v) is 8.15. The predicted molar refractivity (Wildman–Crippen MR) is 126 cm³/mol. The number of carbonyl (C=O) groups excluding carboxylic acids is 1. The fourth-order valence-corrected chi connectivity index (χ4v) is 5.94. The summed E-state index contributed by atoms with van der Waals surface area (Å²) in [7, 11) is 0.176. The van der Waals surface area contributed by atoms with Gasteiger partial charge in [0.2, 0.25) is 15.9 Å². The van der Waals surface area contributed by atoms with Crippen LogP contribution in [0.15, 0.2) is 58.2 Å². The summed E-state index contributed by atoms with van der Waals surface area (Å²) in [5, 5.41) is 3.82. The lowest BCUT2D eigenvalue weighted by Gasteiger charge is -2.31. The second-order valence-electron chi connectivity index (χ2n) is 8.76. The van der Waals surface area contributed by atoms with Gasteiger partial charge in [-0.15, -0.1) is 0 Å². The highest BCUT2D eigenvalue weighted by Gasteiger charge is 2.33. The zero-order valence-electron chi connectivity index (χ0n) is 19.2. The molecule has 0 spiro atoms. The average Bonchev–Trinajstić information content (AvgIpc) is 3.32. The fourth-order valence-electron chi connectivity index (χ4n) is 4.31. The quantitative estimate of drug-likeness (QED) is 0.570. The highest BCUT2D eigenvalue weighted by atomic mass is 32.2. The number of carbonyl (C=O) groups is 1. The zero-order chi connectivity index (χ0) is 23.6. The van der Waals surface area contributed by atoms with Gasteiger partial charge in [-0.05, 0) is 63.7 Å². The number of para-hydroxylation sites is 1. The van der Waals surface area contributed by atoms with Gasteiger partial charge in [-0.25, -0.2) is 8.42 Å². The van der Waals surface area contributed by atoms with Crippen molar-refractivity contribution in [2.75, 3.05) is 33.7 Å². The van der Waals surface area contributed by atoms with Crippen molar-refractivity contribution in [1.82, 2.24) is 19.5 Å². The number of sulfonamides is 1. The van der Waals surface area contributed by atoms with Crippen molar-refractivity contribution < 1.29 is 17.6 Å². The van der Waals surface area contributed by atoms with Crippen molar-refractivity contribution in [2.45, 2.75) is 30.7 Å². The molecule has 1 aliphatic rings. The number of aryl methyl sites for hydroxylation is 1. The highest BCUT2D eigenvalue weighted by molar-refractivity contribution is 7.89. The third kappa shape index (κ3) is 4.95. The Labute approximate surface area is 194 Å². The number of nitrogens with one attached hydrogen (secondary N) is 1. The van der Waals surface area contributed by atoms with Crippen LogP contribution < -0.4 is 5.32 Å².